The fourth-order valence-corrected chi connectivity index (χ4v) is 2.67. The van der Waals surface area contributed by atoms with E-state index >= 15 is 0 Å². The number of rotatable bonds is 3. The van der Waals surface area contributed by atoms with Gasteiger partial charge in [-0.2, -0.15) is 5.10 Å². The lowest BCUT2D eigenvalue weighted by molar-refractivity contribution is -0.136. The van der Waals surface area contributed by atoms with E-state index in [2.05, 4.69) is 24.0 Å². The monoisotopic (exact) mass is 251 g/mol. The van der Waals surface area contributed by atoms with Crippen molar-refractivity contribution in [3.63, 3.8) is 0 Å². The van der Waals surface area contributed by atoms with Crippen LogP contribution in [0.5, 0.6) is 0 Å². The van der Waals surface area contributed by atoms with Gasteiger partial charge in [0.1, 0.15) is 6.61 Å². The molecular formula is C13H21N3O2. The molecule has 1 fully saturated rings. The quantitative estimate of drug-likeness (QED) is 0.879. The number of hydrogen-bond acceptors (Lipinski definition) is 3. The molecule has 100 valence electrons. The predicted molar refractivity (Wildman–Crippen MR) is 68.4 cm³/mol. The van der Waals surface area contributed by atoms with Gasteiger partial charge in [0.05, 0.1) is 6.20 Å². The van der Waals surface area contributed by atoms with Gasteiger partial charge in [-0.3, -0.25) is 9.89 Å². The van der Waals surface area contributed by atoms with Crippen molar-refractivity contribution in [2.45, 2.75) is 32.1 Å². The van der Waals surface area contributed by atoms with E-state index in [0.717, 1.165) is 25.9 Å². The van der Waals surface area contributed by atoms with E-state index in [1.165, 1.54) is 11.3 Å². The zero-order valence-corrected chi connectivity index (χ0v) is 11.3. The van der Waals surface area contributed by atoms with Gasteiger partial charge >= 0.3 is 0 Å². The van der Waals surface area contributed by atoms with E-state index < -0.39 is 0 Å². The molecule has 18 heavy (non-hydrogen) atoms. The lowest BCUT2D eigenvalue weighted by atomic mass is 9.76. The number of aryl methyl sites for hydroxylation is 1. The highest BCUT2D eigenvalue weighted by atomic mass is 16.5. The lowest BCUT2D eigenvalue weighted by Gasteiger charge is -2.39. The maximum atomic E-state index is 11.7. The number of H-pyrrole nitrogens is 1. The average molecular weight is 251 g/mol. The summed E-state index contributed by atoms with van der Waals surface area (Å²) >= 11 is 0. The maximum Gasteiger partial charge on any atom is 0.248 e. The smallest absolute Gasteiger partial charge is 0.248 e. The number of piperidine rings is 1. The van der Waals surface area contributed by atoms with Crippen molar-refractivity contribution in [2.24, 2.45) is 0 Å². The van der Waals surface area contributed by atoms with Gasteiger partial charge in [-0.1, -0.05) is 6.92 Å². The van der Waals surface area contributed by atoms with E-state index in [0.29, 0.717) is 0 Å². The van der Waals surface area contributed by atoms with Gasteiger partial charge in [-0.05, 0) is 25.3 Å². The van der Waals surface area contributed by atoms with Crippen molar-refractivity contribution in [3.8, 4) is 0 Å². The highest BCUT2D eigenvalue weighted by Gasteiger charge is 2.35. The van der Waals surface area contributed by atoms with Crippen LogP contribution in [0.25, 0.3) is 0 Å². The summed E-state index contributed by atoms with van der Waals surface area (Å²) in [5.74, 6) is 0.0842. The number of ether oxygens (including phenoxy) is 1. The van der Waals surface area contributed by atoms with Crippen molar-refractivity contribution in [1.29, 1.82) is 0 Å². The number of carbonyl (C=O) groups is 1. The summed E-state index contributed by atoms with van der Waals surface area (Å²) in [6.45, 7) is 6.08. The number of nitrogens with zero attached hydrogens (tertiary/aromatic N) is 2. The number of hydrogen-bond donors (Lipinski definition) is 1. The Morgan fingerprint density at radius 2 is 2.22 bits per heavy atom. The lowest BCUT2D eigenvalue weighted by Crippen LogP contribution is -2.45. The second-order valence-corrected chi connectivity index (χ2v) is 5.30. The Morgan fingerprint density at radius 3 is 2.72 bits per heavy atom. The Morgan fingerprint density at radius 1 is 1.56 bits per heavy atom. The number of likely N-dealkylation sites (tertiary alicyclic amines) is 1. The summed E-state index contributed by atoms with van der Waals surface area (Å²) in [5, 5.41) is 7.21. The third-order valence-corrected chi connectivity index (χ3v) is 3.92. The summed E-state index contributed by atoms with van der Waals surface area (Å²) in [6, 6.07) is 0. The van der Waals surface area contributed by atoms with Crippen molar-refractivity contribution in [2.75, 3.05) is 26.8 Å². The maximum absolute atomic E-state index is 11.7. The van der Waals surface area contributed by atoms with Crippen LogP contribution in [-0.4, -0.2) is 47.8 Å². The second-order valence-electron chi connectivity index (χ2n) is 5.30. The summed E-state index contributed by atoms with van der Waals surface area (Å²) in [7, 11) is 1.56. The van der Waals surface area contributed by atoms with Gasteiger partial charge in [0, 0.05) is 31.3 Å². The predicted octanol–water partition coefficient (Wildman–Crippen LogP) is 1.24. The fourth-order valence-electron chi connectivity index (χ4n) is 2.67. The van der Waals surface area contributed by atoms with Crippen LogP contribution in [0, 0.1) is 6.92 Å². The van der Waals surface area contributed by atoms with Crippen LogP contribution in [0.15, 0.2) is 6.20 Å². The number of nitrogens with one attached hydrogen (secondary N) is 1. The molecule has 0 bridgehead atoms. The van der Waals surface area contributed by atoms with Crippen molar-refractivity contribution >= 4 is 5.91 Å². The Kier molecular flexibility index (Phi) is 3.71. The molecule has 1 aliphatic rings. The number of aromatic amines is 1. The van der Waals surface area contributed by atoms with E-state index in [-0.39, 0.29) is 17.9 Å². The SMILES string of the molecule is COCC(=O)N1CCC(C)(c2[nH]ncc2C)CC1. The van der Waals surface area contributed by atoms with E-state index in [1.54, 1.807) is 7.11 Å². The fraction of sp³-hybridized carbons (Fsp3) is 0.692. The molecule has 5 heteroatoms. The molecule has 1 aromatic heterocycles. The number of carbonyl (C=O) groups excluding carboxylic acids is 1. The van der Waals surface area contributed by atoms with Crippen LogP contribution in [0.3, 0.4) is 0 Å². The Hall–Kier alpha value is -1.36. The third kappa shape index (κ3) is 2.41. The molecule has 0 spiro atoms. The molecule has 1 N–H and O–H groups in total. The first-order valence-electron chi connectivity index (χ1n) is 6.34. The molecule has 0 saturated carbocycles. The average Bonchev–Trinajstić information content (AvgIpc) is 2.77. The number of amides is 1. The normalized spacial score (nSPS) is 18.9. The summed E-state index contributed by atoms with van der Waals surface area (Å²) in [5.41, 5.74) is 2.51. The highest BCUT2D eigenvalue weighted by molar-refractivity contribution is 5.77. The molecule has 0 aromatic carbocycles. The highest BCUT2D eigenvalue weighted by Crippen LogP contribution is 2.35. The first-order chi connectivity index (χ1) is 8.57. The standard InChI is InChI=1S/C13H21N3O2/c1-10-8-14-15-12(10)13(2)4-6-16(7-5-13)11(17)9-18-3/h8H,4-7,9H2,1-3H3,(H,14,15). The molecule has 2 heterocycles. The minimum Gasteiger partial charge on any atom is -0.375 e. The topological polar surface area (TPSA) is 58.2 Å². The summed E-state index contributed by atoms with van der Waals surface area (Å²) < 4.78 is 4.89. The first-order valence-corrected chi connectivity index (χ1v) is 6.34. The van der Waals surface area contributed by atoms with Gasteiger partial charge in [0.15, 0.2) is 0 Å². The zero-order chi connectivity index (χ0) is 13.2. The van der Waals surface area contributed by atoms with E-state index in [1.807, 2.05) is 11.1 Å². The molecule has 0 radical (unpaired) electrons. The van der Waals surface area contributed by atoms with Gasteiger partial charge in [0.25, 0.3) is 0 Å². The van der Waals surface area contributed by atoms with E-state index in [9.17, 15) is 4.79 Å². The molecule has 1 amide bonds. The molecule has 0 unspecified atom stereocenters. The Bertz CT molecular complexity index is 420. The van der Waals surface area contributed by atoms with Crippen LogP contribution in [0.4, 0.5) is 0 Å². The van der Waals surface area contributed by atoms with Crippen molar-refractivity contribution in [1.82, 2.24) is 15.1 Å². The van der Waals surface area contributed by atoms with Crippen LogP contribution < -0.4 is 0 Å². The van der Waals surface area contributed by atoms with Crippen LogP contribution in [-0.2, 0) is 14.9 Å². The third-order valence-electron chi connectivity index (χ3n) is 3.92. The molecule has 1 aliphatic heterocycles. The van der Waals surface area contributed by atoms with Gasteiger partial charge in [-0.15, -0.1) is 0 Å². The van der Waals surface area contributed by atoms with Crippen molar-refractivity contribution < 1.29 is 9.53 Å². The molecular weight excluding hydrogens is 230 g/mol. The largest absolute Gasteiger partial charge is 0.375 e. The minimum absolute atomic E-state index is 0.0842. The van der Waals surface area contributed by atoms with E-state index in [4.69, 9.17) is 4.74 Å². The minimum atomic E-state index is 0.0842. The molecule has 2 rings (SSSR count). The van der Waals surface area contributed by atoms with Gasteiger partial charge in [0.2, 0.25) is 5.91 Å². The summed E-state index contributed by atoms with van der Waals surface area (Å²) in [6.07, 6.45) is 3.79. The molecule has 1 saturated heterocycles. The molecule has 0 atom stereocenters. The Balaban J connectivity index is 2.02. The Labute approximate surface area is 108 Å². The van der Waals surface area contributed by atoms with Crippen LogP contribution >= 0.6 is 0 Å². The molecule has 0 aliphatic carbocycles. The van der Waals surface area contributed by atoms with Gasteiger partial charge < -0.3 is 9.64 Å². The van der Waals surface area contributed by atoms with Gasteiger partial charge in [-0.25, -0.2) is 0 Å². The van der Waals surface area contributed by atoms with Crippen molar-refractivity contribution in [3.05, 3.63) is 17.5 Å². The number of aromatic nitrogens is 2. The molecule has 5 nitrogen and oxygen atoms in total. The zero-order valence-electron chi connectivity index (χ0n) is 11.3. The molecule has 1 aromatic rings. The summed E-state index contributed by atoms with van der Waals surface area (Å²) in [4.78, 5) is 13.6. The first kappa shape index (κ1) is 13.1. The van der Waals surface area contributed by atoms with Crippen LogP contribution in [0.1, 0.15) is 31.0 Å². The second kappa shape index (κ2) is 5.10. The number of methoxy groups -OCH3 is 1. The van der Waals surface area contributed by atoms with Crippen LogP contribution in [0.2, 0.25) is 0 Å².